The second-order valence-electron chi connectivity index (χ2n) is 11.6. The van der Waals surface area contributed by atoms with Crippen molar-refractivity contribution < 1.29 is 28.0 Å². The second kappa shape index (κ2) is 29.7. The first-order chi connectivity index (χ1) is 21.2. The first-order valence-corrected chi connectivity index (χ1v) is 18.7. The van der Waals surface area contributed by atoms with Gasteiger partial charge in [-0.05, 0) is 64.7 Å². The third-order valence-electron chi connectivity index (χ3n) is 7.37. The lowest BCUT2D eigenvalue weighted by molar-refractivity contribution is -0.130. The number of hydrogen-bond donors (Lipinski definition) is 4. The maximum absolute atomic E-state index is 12.5. The van der Waals surface area contributed by atoms with Crippen LogP contribution in [0, 0.1) is 0 Å². The summed E-state index contributed by atoms with van der Waals surface area (Å²) in [5.74, 6) is -1.58. The molecule has 0 radical (unpaired) electrons. The number of unbranched alkanes of at least 4 members (excludes halogenated alkanes) is 14. The fraction of sp³-hybridized carbons (Fsp3) is 0.694. The molecule has 0 fully saturated rings. The predicted octanol–water partition coefficient (Wildman–Crippen LogP) is 8.31. The van der Waals surface area contributed by atoms with Gasteiger partial charge in [0.15, 0.2) is 0 Å². The van der Waals surface area contributed by atoms with E-state index in [1.807, 2.05) is 19.1 Å². The Morgan fingerprint density at radius 2 is 1.18 bits per heavy atom. The lowest BCUT2D eigenvalue weighted by Gasteiger charge is -2.22. The molecular formula is C36H63NO6S. The number of hydrogen-bond acceptors (Lipinski definition) is 5. The molecule has 0 bridgehead atoms. The fourth-order valence-electron chi connectivity index (χ4n) is 4.72. The molecule has 0 saturated heterocycles. The third-order valence-corrected chi connectivity index (χ3v) is 8.15. The van der Waals surface area contributed by atoms with Gasteiger partial charge in [-0.25, -0.2) is 0 Å². The third kappa shape index (κ3) is 28.8. The SMILES string of the molecule is C/C=C/CC/C=C/CC/C=C/C(O)C(CS(=O)(=O)O)NC(=O)C(O)CCCCCCCCCCC/C=C\C=C/CCCCC. The molecule has 0 saturated carbocycles. The standard InChI is InChI=1S/C36H63NO6S/c1-3-5-7-9-11-13-14-15-16-17-18-19-20-21-23-25-27-29-31-35(39)36(40)37-33(32-44(41,42)43)34(38)30-28-26-24-22-12-10-8-6-4-2/h4,6,11-15,22,28,30,33-35,38-39H,3,5,7-10,16-21,23-27,29,31-32H2,1-2H3,(H,37,40)(H,41,42,43)/b6-4+,13-11-,15-14-,22-12+,30-28+. The van der Waals surface area contributed by atoms with E-state index >= 15 is 0 Å². The van der Waals surface area contributed by atoms with Gasteiger partial charge in [0.1, 0.15) is 6.10 Å². The minimum Gasteiger partial charge on any atom is -0.387 e. The summed E-state index contributed by atoms with van der Waals surface area (Å²) in [6.07, 6.45) is 37.3. The molecule has 1 amide bonds. The highest BCUT2D eigenvalue weighted by atomic mass is 32.2. The Bertz CT molecular complexity index is 938. The number of aliphatic hydroxyl groups excluding tert-OH is 2. The highest BCUT2D eigenvalue weighted by Gasteiger charge is 2.27. The quantitative estimate of drug-likeness (QED) is 0.0283. The molecule has 44 heavy (non-hydrogen) atoms. The zero-order valence-corrected chi connectivity index (χ0v) is 28.4. The van der Waals surface area contributed by atoms with E-state index in [0.29, 0.717) is 12.8 Å². The van der Waals surface area contributed by atoms with E-state index in [1.54, 1.807) is 6.08 Å². The molecule has 3 atom stereocenters. The van der Waals surface area contributed by atoms with Crippen LogP contribution in [0.15, 0.2) is 60.8 Å². The topological polar surface area (TPSA) is 124 Å². The highest BCUT2D eigenvalue weighted by molar-refractivity contribution is 7.85. The van der Waals surface area contributed by atoms with Gasteiger partial charge in [0.2, 0.25) is 5.91 Å². The van der Waals surface area contributed by atoms with E-state index in [-0.39, 0.29) is 6.42 Å². The zero-order chi connectivity index (χ0) is 32.7. The van der Waals surface area contributed by atoms with Gasteiger partial charge in [0.05, 0.1) is 17.9 Å². The van der Waals surface area contributed by atoms with E-state index in [2.05, 4.69) is 48.7 Å². The van der Waals surface area contributed by atoms with Crippen molar-refractivity contribution in [2.75, 3.05) is 5.75 Å². The van der Waals surface area contributed by atoms with Crippen LogP contribution in [0.1, 0.15) is 136 Å². The van der Waals surface area contributed by atoms with Gasteiger partial charge in [-0.15, -0.1) is 0 Å². The minimum atomic E-state index is -4.45. The summed E-state index contributed by atoms with van der Waals surface area (Å²) < 4.78 is 32.2. The molecule has 0 rings (SSSR count). The maximum Gasteiger partial charge on any atom is 0.267 e. The van der Waals surface area contributed by atoms with E-state index in [4.69, 9.17) is 0 Å². The Labute approximate surface area is 269 Å². The highest BCUT2D eigenvalue weighted by Crippen LogP contribution is 2.13. The van der Waals surface area contributed by atoms with Gasteiger partial charge in [0.25, 0.3) is 10.1 Å². The van der Waals surface area contributed by atoms with Gasteiger partial charge in [-0.3, -0.25) is 9.35 Å². The van der Waals surface area contributed by atoms with Crippen molar-refractivity contribution in [3.8, 4) is 0 Å². The molecule has 0 aliphatic heterocycles. The number of aliphatic hydroxyl groups is 2. The Hall–Kier alpha value is -2.00. The van der Waals surface area contributed by atoms with Crippen molar-refractivity contribution in [1.82, 2.24) is 5.32 Å². The molecule has 0 aliphatic carbocycles. The van der Waals surface area contributed by atoms with Crippen molar-refractivity contribution in [3.63, 3.8) is 0 Å². The van der Waals surface area contributed by atoms with Crippen LogP contribution in [0.3, 0.4) is 0 Å². The Morgan fingerprint density at radius 3 is 1.73 bits per heavy atom. The summed E-state index contributed by atoms with van der Waals surface area (Å²) in [5, 5.41) is 23.1. The van der Waals surface area contributed by atoms with Gasteiger partial charge in [0, 0.05) is 0 Å². The molecule has 4 N–H and O–H groups in total. The molecule has 8 heteroatoms. The maximum atomic E-state index is 12.5. The number of allylic oxidation sites excluding steroid dienone is 9. The number of amides is 1. The number of carbonyl (C=O) groups excluding carboxylic acids is 1. The Balaban J connectivity index is 4.12. The van der Waals surface area contributed by atoms with Crippen molar-refractivity contribution in [3.05, 3.63) is 60.8 Å². The lowest BCUT2D eigenvalue weighted by atomic mass is 10.0. The average Bonchev–Trinajstić information content (AvgIpc) is 2.98. The van der Waals surface area contributed by atoms with Crippen LogP contribution in [0.4, 0.5) is 0 Å². The number of carbonyl (C=O) groups is 1. The van der Waals surface area contributed by atoms with Crippen LogP contribution in [-0.4, -0.2) is 53.1 Å². The van der Waals surface area contributed by atoms with Crippen LogP contribution in [-0.2, 0) is 14.9 Å². The smallest absolute Gasteiger partial charge is 0.267 e. The van der Waals surface area contributed by atoms with Gasteiger partial charge in [-0.2, -0.15) is 8.42 Å². The molecule has 7 nitrogen and oxygen atoms in total. The van der Waals surface area contributed by atoms with Crippen molar-refractivity contribution in [1.29, 1.82) is 0 Å². The predicted molar refractivity (Wildman–Crippen MR) is 185 cm³/mol. The first kappa shape index (κ1) is 42.0. The van der Waals surface area contributed by atoms with Gasteiger partial charge < -0.3 is 15.5 Å². The molecule has 0 aromatic heterocycles. The van der Waals surface area contributed by atoms with E-state index in [9.17, 15) is 28.0 Å². The summed E-state index contributed by atoms with van der Waals surface area (Å²) >= 11 is 0. The normalized spacial score (nSPS) is 14.9. The number of rotatable bonds is 29. The monoisotopic (exact) mass is 637 g/mol. The molecule has 0 aromatic rings. The lowest BCUT2D eigenvalue weighted by Crippen LogP contribution is -2.50. The molecule has 0 aromatic carbocycles. The van der Waals surface area contributed by atoms with Crippen LogP contribution in [0.2, 0.25) is 0 Å². The molecule has 0 aliphatic rings. The Morgan fingerprint density at radius 1 is 0.682 bits per heavy atom. The summed E-state index contributed by atoms with van der Waals surface area (Å²) in [7, 11) is -4.45. The van der Waals surface area contributed by atoms with Crippen LogP contribution < -0.4 is 5.32 Å². The molecule has 0 heterocycles. The van der Waals surface area contributed by atoms with Crippen LogP contribution in [0.5, 0.6) is 0 Å². The van der Waals surface area contributed by atoms with Gasteiger partial charge >= 0.3 is 0 Å². The molecule has 3 unspecified atom stereocenters. The van der Waals surface area contributed by atoms with Crippen molar-refractivity contribution in [2.45, 2.75) is 154 Å². The fourth-order valence-corrected chi connectivity index (χ4v) is 5.45. The molecule has 254 valence electrons. The van der Waals surface area contributed by atoms with Crippen LogP contribution >= 0.6 is 0 Å². The van der Waals surface area contributed by atoms with Crippen LogP contribution in [0.25, 0.3) is 0 Å². The van der Waals surface area contributed by atoms with E-state index in [1.165, 1.54) is 63.9 Å². The minimum absolute atomic E-state index is 0.262. The summed E-state index contributed by atoms with van der Waals surface area (Å²) in [6, 6.07) is -1.26. The van der Waals surface area contributed by atoms with Crippen molar-refractivity contribution >= 4 is 16.0 Å². The van der Waals surface area contributed by atoms with E-state index < -0.39 is 40.0 Å². The molecule has 0 spiro atoms. The Kier molecular flexibility index (Phi) is 28.3. The summed E-state index contributed by atoms with van der Waals surface area (Å²) in [6.45, 7) is 4.21. The summed E-state index contributed by atoms with van der Waals surface area (Å²) in [5.41, 5.74) is 0. The van der Waals surface area contributed by atoms with Crippen molar-refractivity contribution in [2.24, 2.45) is 0 Å². The number of nitrogens with one attached hydrogen (secondary N) is 1. The first-order valence-electron chi connectivity index (χ1n) is 17.1. The van der Waals surface area contributed by atoms with E-state index in [0.717, 1.165) is 44.9 Å². The summed E-state index contributed by atoms with van der Waals surface area (Å²) in [4.78, 5) is 12.5. The second-order valence-corrected chi connectivity index (χ2v) is 13.1. The molecular weight excluding hydrogens is 574 g/mol. The average molecular weight is 638 g/mol. The zero-order valence-electron chi connectivity index (χ0n) is 27.6. The van der Waals surface area contributed by atoms with Gasteiger partial charge in [-0.1, -0.05) is 132 Å². The largest absolute Gasteiger partial charge is 0.387 e.